The van der Waals surface area contributed by atoms with Crippen LogP contribution in [0.2, 0.25) is 5.02 Å². The number of ketones is 1. The number of carbonyl (C=O) groups is 3. The molecule has 0 amide bonds. The topological polar surface area (TPSA) is 90.9 Å². The lowest BCUT2D eigenvalue weighted by Gasteiger charge is -2.39. The fourth-order valence-corrected chi connectivity index (χ4v) is 5.32. The number of methoxy groups -OCH3 is 1. The van der Waals surface area contributed by atoms with Crippen LogP contribution in [0.1, 0.15) is 50.2 Å². The molecule has 2 aliphatic rings. The van der Waals surface area contributed by atoms with Crippen molar-refractivity contribution in [2.75, 3.05) is 20.3 Å². The molecule has 37 heavy (non-hydrogen) atoms. The summed E-state index contributed by atoms with van der Waals surface area (Å²) in [5.41, 5.74) is 3.47. The van der Waals surface area contributed by atoms with Gasteiger partial charge in [-0.15, -0.1) is 0 Å². The Morgan fingerprint density at radius 1 is 1.03 bits per heavy atom. The van der Waals surface area contributed by atoms with Crippen molar-refractivity contribution in [1.82, 2.24) is 5.32 Å². The Kier molecular flexibility index (Phi) is 8.03. The van der Waals surface area contributed by atoms with Crippen molar-refractivity contribution < 1.29 is 28.6 Å². The number of rotatable bonds is 7. The van der Waals surface area contributed by atoms with Crippen LogP contribution in [0.3, 0.4) is 0 Å². The van der Waals surface area contributed by atoms with Gasteiger partial charge < -0.3 is 19.5 Å². The van der Waals surface area contributed by atoms with E-state index in [2.05, 4.69) is 5.32 Å². The highest BCUT2D eigenvalue weighted by molar-refractivity contribution is 6.30. The van der Waals surface area contributed by atoms with E-state index in [4.69, 9.17) is 25.8 Å². The summed E-state index contributed by atoms with van der Waals surface area (Å²) in [4.78, 5) is 40.6. The summed E-state index contributed by atoms with van der Waals surface area (Å²) in [6.07, 6.45) is 0.370. The quantitative estimate of drug-likeness (QED) is 0.400. The number of halogens is 1. The van der Waals surface area contributed by atoms with E-state index in [-0.39, 0.29) is 19.0 Å². The molecule has 0 fully saturated rings. The molecule has 2 aromatic carbocycles. The first-order valence-electron chi connectivity index (χ1n) is 12.3. The Balaban J connectivity index is 1.89. The van der Waals surface area contributed by atoms with Gasteiger partial charge in [-0.1, -0.05) is 35.9 Å². The Bertz CT molecular complexity index is 1280. The molecule has 3 atom stereocenters. The summed E-state index contributed by atoms with van der Waals surface area (Å²) in [5, 5.41) is 3.83. The van der Waals surface area contributed by atoms with Crippen LogP contribution in [0.4, 0.5) is 0 Å². The van der Waals surface area contributed by atoms with Crippen molar-refractivity contribution in [2.45, 2.75) is 39.0 Å². The molecule has 1 N–H and O–H groups in total. The van der Waals surface area contributed by atoms with Crippen molar-refractivity contribution in [3.8, 4) is 5.75 Å². The molecule has 2 aromatic rings. The predicted molar refractivity (Wildman–Crippen MR) is 139 cm³/mol. The number of hydrogen-bond donors (Lipinski definition) is 1. The number of esters is 2. The molecule has 0 saturated carbocycles. The zero-order chi connectivity index (χ0) is 26.7. The second-order valence-electron chi connectivity index (χ2n) is 8.94. The Hall–Kier alpha value is -3.58. The van der Waals surface area contributed by atoms with E-state index in [1.165, 1.54) is 0 Å². The van der Waals surface area contributed by atoms with Crippen molar-refractivity contribution in [3.63, 3.8) is 0 Å². The fraction of sp³-hybridized carbons (Fsp3) is 0.345. The SMILES string of the molecule is CCOC(=O)C1=C(C)NC2=C(C(=O)[C@H](C(=O)OCC)[C@@H](c3cccc(OC)c3)C2)[C@H]1c1ccc(Cl)cc1. The van der Waals surface area contributed by atoms with Gasteiger partial charge in [0.2, 0.25) is 0 Å². The number of hydrogen-bond acceptors (Lipinski definition) is 7. The van der Waals surface area contributed by atoms with Gasteiger partial charge in [0.1, 0.15) is 11.7 Å². The zero-order valence-corrected chi connectivity index (χ0v) is 22.1. The van der Waals surface area contributed by atoms with Crippen LogP contribution < -0.4 is 10.1 Å². The highest BCUT2D eigenvalue weighted by Crippen LogP contribution is 2.48. The zero-order valence-electron chi connectivity index (χ0n) is 21.3. The molecule has 0 aromatic heterocycles. The number of ether oxygens (including phenoxy) is 3. The molecule has 0 radical (unpaired) electrons. The number of carbonyl (C=O) groups excluding carboxylic acids is 3. The summed E-state index contributed by atoms with van der Waals surface area (Å²) in [6.45, 7) is 5.56. The molecule has 0 spiro atoms. The normalized spacial score (nSPS) is 21.2. The molecular weight excluding hydrogens is 494 g/mol. The van der Waals surface area contributed by atoms with Gasteiger partial charge in [-0.05, 0) is 62.6 Å². The second-order valence-corrected chi connectivity index (χ2v) is 9.38. The molecule has 7 nitrogen and oxygen atoms in total. The minimum Gasteiger partial charge on any atom is -0.497 e. The summed E-state index contributed by atoms with van der Waals surface area (Å²) in [7, 11) is 1.57. The molecule has 0 unspecified atom stereocenters. The minimum atomic E-state index is -1.08. The van der Waals surface area contributed by atoms with E-state index >= 15 is 0 Å². The van der Waals surface area contributed by atoms with E-state index in [0.29, 0.717) is 45.3 Å². The second kappa shape index (κ2) is 11.2. The van der Waals surface area contributed by atoms with Crippen LogP contribution >= 0.6 is 11.6 Å². The predicted octanol–water partition coefficient (Wildman–Crippen LogP) is 5.06. The first-order valence-corrected chi connectivity index (χ1v) is 12.7. The highest BCUT2D eigenvalue weighted by Gasteiger charge is 2.49. The molecule has 1 heterocycles. The Morgan fingerprint density at radius 3 is 2.38 bits per heavy atom. The number of Topliss-reactive ketones (excluding diaryl/α,β-unsaturated/α-hetero) is 1. The third kappa shape index (κ3) is 5.14. The van der Waals surface area contributed by atoms with Gasteiger partial charge in [-0.2, -0.15) is 0 Å². The molecule has 0 saturated heterocycles. The van der Waals surface area contributed by atoms with Crippen LogP contribution in [0, 0.1) is 5.92 Å². The number of benzene rings is 2. The maximum Gasteiger partial charge on any atom is 0.336 e. The molecular formula is C29H30ClNO6. The van der Waals surface area contributed by atoms with Gasteiger partial charge in [-0.25, -0.2) is 4.79 Å². The summed E-state index contributed by atoms with van der Waals surface area (Å²) < 4.78 is 16.1. The third-order valence-corrected chi connectivity index (χ3v) is 7.03. The van der Waals surface area contributed by atoms with Crippen molar-refractivity contribution in [3.05, 3.63) is 87.2 Å². The molecule has 0 bridgehead atoms. The Labute approximate surface area is 221 Å². The Morgan fingerprint density at radius 2 is 1.73 bits per heavy atom. The lowest BCUT2D eigenvalue weighted by Crippen LogP contribution is -2.43. The van der Waals surface area contributed by atoms with Gasteiger partial charge in [0.05, 0.1) is 25.9 Å². The maximum absolute atomic E-state index is 14.3. The van der Waals surface area contributed by atoms with Gasteiger partial charge in [0.15, 0.2) is 5.78 Å². The van der Waals surface area contributed by atoms with E-state index in [0.717, 1.165) is 5.56 Å². The van der Waals surface area contributed by atoms with Gasteiger partial charge >= 0.3 is 11.9 Å². The number of nitrogens with one attached hydrogen (secondary N) is 1. The lowest BCUT2D eigenvalue weighted by atomic mass is 9.67. The van der Waals surface area contributed by atoms with Gasteiger partial charge in [0, 0.05) is 33.8 Å². The van der Waals surface area contributed by atoms with Crippen molar-refractivity contribution in [2.24, 2.45) is 5.92 Å². The van der Waals surface area contributed by atoms with Gasteiger partial charge in [0.25, 0.3) is 0 Å². The van der Waals surface area contributed by atoms with Crippen LogP contribution in [0.25, 0.3) is 0 Å². The average Bonchev–Trinajstić information content (AvgIpc) is 2.88. The van der Waals surface area contributed by atoms with Gasteiger partial charge in [-0.3, -0.25) is 9.59 Å². The summed E-state index contributed by atoms with van der Waals surface area (Å²) in [5.74, 6) is -3.14. The molecule has 8 heteroatoms. The van der Waals surface area contributed by atoms with E-state index < -0.39 is 29.7 Å². The number of dihydropyridines is 1. The fourth-order valence-electron chi connectivity index (χ4n) is 5.19. The van der Waals surface area contributed by atoms with E-state index in [1.807, 2.05) is 24.3 Å². The lowest BCUT2D eigenvalue weighted by molar-refractivity contribution is -0.152. The molecule has 1 aliphatic carbocycles. The van der Waals surface area contributed by atoms with E-state index in [1.54, 1.807) is 52.1 Å². The summed E-state index contributed by atoms with van der Waals surface area (Å²) in [6, 6.07) is 14.4. The van der Waals surface area contributed by atoms with Crippen LogP contribution in [0.5, 0.6) is 5.75 Å². The first-order chi connectivity index (χ1) is 17.8. The smallest absolute Gasteiger partial charge is 0.336 e. The maximum atomic E-state index is 14.3. The summed E-state index contributed by atoms with van der Waals surface area (Å²) >= 11 is 6.14. The molecule has 4 rings (SSSR count). The molecule has 1 aliphatic heterocycles. The van der Waals surface area contributed by atoms with Crippen LogP contribution in [-0.2, 0) is 23.9 Å². The minimum absolute atomic E-state index is 0.144. The monoisotopic (exact) mass is 523 g/mol. The average molecular weight is 524 g/mol. The highest BCUT2D eigenvalue weighted by atomic mass is 35.5. The van der Waals surface area contributed by atoms with Crippen molar-refractivity contribution >= 4 is 29.3 Å². The number of allylic oxidation sites excluding steroid dienone is 3. The largest absolute Gasteiger partial charge is 0.497 e. The van der Waals surface area contributed by atoms with Crippen LogP contribution in [0.15, 0.2) is 71.1 Å². The van der Waals surface area contributed by atoms with E-state index in [9.17, 15) is 14.4 Å². The third-order valence-electron chi connectivity index (χ3n) is 6.78. The molecule has 194 valence electrons. The first kappa shape index (κ1) is 26.5. The standard InChI is InChI=1S/C29H30ClNO6/c1-5-36-28(33)23-16(3)31-22-15-21(18-8-7-9-20(14-18)35-4)25(29(34)37-6-2)27(32)26(22)24(23)17-10-12-19(30)13-11-17/h7-14,21,24-25,31H,5-6,15H2,1-4H3/t21-,24+,25-/m1/s1. The van der Waals surface area contributed by atoms with Crippen molar-refractivity contribution in [1.29, 1.82) is 0 Å². The van der Waals surface area contributed by atoms with Crippen LogP contribution in [-0.4, -0.2) is 38.0 Å².